The molecule has 38 heavy (non-hydrogen) atoms. The Morgan fingerprint density at radius 2 is 2.00 bits per heavy atom. The topological polar surface area (TPSA) is 108 Å². The number of amides is 1. The van der Waals surface area contributed by atoms with Crippen molar-refractivity contribution in [2.75, 3.05) is 23.3 Å². The van der Waals surface area contributed by atoms with Crippen LogP contribution < -0.4 is 15.5 Å². The van der Waals surface area contributed by atoms with E-state index in [0.29, 0.717) is 23.6 Å². The number of carbonyl (C=O) groups excluding carboxylic acids is 1. The van der Waals surface area contributed by atoms with Gasteiger partial charge in [0.2, 0.25) is 0 Å². The summed E-state index contributed by atoms with van der Waals surface area (Å²) in [6, 6.07) is 8.04. The molecule has 6 rings (SSSR count). The first-order valence-electron chi connectivity index (χ1n) is 13.1. The van der Waals surface area contributed by atoms with Gasteiger partial charge in [0.05, 0.1) is 40.6 Å². The fraction of sp³-hybridized carbons (Fsp3) is 0.379. The highest BCUT2D eigenvalue weighted by Crippen LogP contribution is 2.37. The maximum Gasteiger partial charge on any atom is 0.254 e. The van der Waals surface area contributed by atoms with E-state index < -0.39 is 5.60 Å². The van der Waals surface area contributed by atoms with Gasteiger partial charge in [-0.05, 0) is 57.9 Å². The number of aryl methyl sites for hydroxylation is 2. The number of aliphatic hydroxyl groups is 1. The minimum absolute atomic E-state index is 0.122. The van der Waals surface area contributed by atoms with Gasteiger partial charge in [-0.3, -0.25) is 9.78 Å². The smallest absolute Gasteiger partial charge is 0.254 e. The predicted octanol–water partition coefficient (Wildman–Crippen LogP) is 4.31. The summed E-state index contributed by atoms with van der Waals surface area (Å²) in [6.07, 6.45) is 7.43. The Kier molecular flexibility index (Phi) is 5.83. The van der Waals surface area contributed by atoms with Crippen molar-refractivity contribution < 1.29 is 9.90 Å². The molecule has 0 radical (unpaired) electrons. The van der Waals surface area contributed by atoms with Gasteiger partial charge in [-0.15, -0.1) is 0 Å². The third-order valence-corrected chi connectivity index (χ3v) is 8.05. The highest BCUT2D eigenvalue weighted by atomic mass is 16.3. The highest BCUT2D eigenvalue weighted by molar-refractivity contribution is 6.06. The molecule has 1 amide bonds. The molecule has 0 bridgehead atoms. The molecule has 9 heteroatoms. The largest absolute Gasteiger partial charge is 0.390 e. The molecule has 3 N–H and O–H groups in total. The summed E-state index contributed by atoms with van der Waals surface area (Å²) in [5.74, 6) is 0.746. The normalized spacial score (nSPS) is 17.6. The van der Waals surface area contributed by atoms with Crippen LogP contribution in [-0.2, 0) is 13.6 Å². The third kappa shape index (κ3) is 4.16. The lowest BCUT2D eigenvalue weighted by Gasteiger charge is -2.39. The Morgan fingerprint density at radius 1 is 1.16 bits per heavy atom. The van der Waals surface area contributed by atoms with Crippen molar-refractivity contribution >= 4 is 34.1 Å². The molecule has 1 saturated heterocycles. The molecule has 0 aliphatic carbocycles. The summed E-state index contributed by atoms with van der Waals surface area (Å²) in [4.78, 5) is 29.2. The second kappa shape index (κ2) is 9.09. The van der Waals surface area contributed by atoms with E-state index in [9.17, 15) is 9.90 Å². The van der Waals surface area contributed by atoms with E-state index in [2.05, 4.69) is 43.1 Å². The molecule has 1 fully saturated rings. The number of nitrogens with zero attached hydrogens (tertiary/aromatic N) is 5. The first kappa shape index (κ1) is 24.4. The van der Waals surface area contributed by atoms with Crippen LogP contribution in [0.15, 0.2) is 42.9 Å². The number of carbonyl (C=O) groups is 1. The Hall–Kier alpha value is -3.98. The second-order valence-corrected chi connectivity index (χ2v) is 11.0. The van der Waals surface area contributed by atoms with E-state index in [1.165, 1.54) is 0 Å². The lowest BCUT2D eigenvalue weighted by molar-refractivity contribution is 0.0110. The average Bonchev–Trinajstić information content (AvgIpc) is 3.44. The molecule has 9 nitrogen and oxygen atoms in total. The molecule has 0 spiro atoms. The van der Waals surface area contributed by atoms with E-state index in [-0.39, 0.29) is 11.8 Å². The van der Waals surface area contributed by atoms with Gasteiger partial charge in [-0.1, -0.05) is 0 Å². The van der Waals surface area contributed by atoms with Crippen LogP contribution >= 0.6 is 0 Å². The first-order valence-corrected chi connectivity index (χ1v) is 13.1. The van der Waals surface area contributed by atoms with Crippen LogP contribution in [0.5, 0.6) is 0 Å². The van der Waals surface area contributed by atoms with Gasteiger partial charge < -0.3 is 25.2 Å². The maximum absolute atomic E-state index is 12.9. The second-order valence-electron chi connectivity index (χ2n) is 11.0. The monoisotopic (exact) mass is 511 g/mol. The Balaban J connectivity index is 1.29. The molecule has 4 aromatic rings. The van der Waals surface area contributed by atoms with E-state index >= 15 is 0 Å². The zero-order valence-electron chi connectivity index (χ0n) is 22.2. The summed E-state index contributed by atoms with van der Waals surface area (Å²) in [5, 5.41) is 17.8. The van der Waals surface area contributed by atoms with Crippen molar-refractivity contribution in [2.45, 2.75) is 45.8 Å². The van der Waals surface area contributed by atoms with Gasteiger partial charge in [-0.25, -0.2) is 9.97 Å². The van der Waals surface area contributed by atoms with Gasteiger partial charge >= 0.3 is 0 Å². The standard InChI is InChI=1S/C29H33N7O2/c1-17-12-21-20(9-10-30-27(21)35(17)4)26-22-14-33-28(37)25(22)23(15-32-26)34-24-8-7-19(13-31-24)36-11-5-6-18(16-36)29(2,3)38/h7-10,12-13,15,18,38H,5-6,11,14,16H2,1-4H3,(H,31,34)(H,33,37)/t18-/m0/s1. The summed E-state index contributed by atoms with van der Waals surface area (Å²) < 4.78 is 2.06. The van der Waals surface area contributed by atoms with Gasteiger partial charge in [0.25, 0.3) is 5.91 Å². The number of nitrogens with one attached hydrogen (secondary N) is 2. The van der Waals surface area contributed by atoms with Crippen LogP contribution in [-0.4, -0.2) is 49.2 Å². The zero-order valence-corrected chi connectivity index (χ0v) is 22.2. The molecule has 4 aromatic heterocycles. The number of hydrogen-bond donors (Lipinski definition) is 3. The Labute approximate surface area is 221 Å². The van der Waals surface area contributed by atoms with E-state index in [1.54, 1.807) is 12.4 Å². The molecule has 1 atom stereocenters. The number of rotatable bonds is 5. The third-order valence-electron chi connectivity index (χ3n) is 8.05. The molecule has 2 aliphatic rings. The number of fused-ring (bicyclic) bond motifs is 2. The van der Waals surface area contributed by atoms with Crippen molar-refractivity contribution in [3.8, 4) is 11.3 Å². The van der Waals surface area contributed by atoms with E-state index in [1.807, 2.05) is 45.3 Å². The van der Waals surface area contributed by atoms with Crippen molar-refractivity contribution in [3.63, 3.8) is 0 Å². The lowest BCUT2D eigenvalue weighted by atomic mass is 9.84. The van der Waals surface area contributed by atoms with Crippen LogP contribution in [0.2, 0.25) is 0 Å². The Morgan fingerprint density at radius 3 is 2.76 bits per heavy atom. The van der Waals surface area contributed by atoms with Crippen LogP contribution in [0.3, 0.4) is 0 Å². The van der Waals surface area contributed by atoms with Crippen molar-refractivity contribution in [1.29, 1.82) is 0 Å². The number of hydrogen-bond acceptors (Lipinski definition) is 7. The van der Waals surface area contributed by atoms with Crippen molar-refractivity contribution in [3.05, 3.63) is 59.7 Å². The van der Waals surface area contributed by atoms with Crippen LogP contribution in [0, 0.1) is 12.8 Å². The van der Waals surface area contributed by atoms with Crippen molar-refractivity contribution in [2.24, 2.45) is 13.0 Å². The molecule has 0 aromatic carbocycles. The van der Waals surface area contributed by atoms with Crippen LogP contribution in [0.1, 0.15) is 48.3 Å². The predicted molar refractivity (Wildman–Crippen MR) is 149 cm³/mol. The molecule has 2 aliphatic heterocycles. The van der Waals surface area contributed by atoms with Gasteiger partial charge in [0.15, 0.2) is 0 Å². The van der Waals surface area contributed by atoms with Crippen LogP contribution in [0.25, 0.3) is 22.3 Å². The Bertz CT molecular complexity index is 1540. The molecule has 0 unspecified atom stereocenters. The summed E-state index contributed by atoms with van der Waals surface area (Å²) >= 11 is 0. The van der Waals surface area contributed by atoms with Gasteiger partial charge in [0, 0.05) is 61.0 Å². The summed E-state index contributed by atoms with van der Waals surface area (Å²) in [6.45, 7) is 8.00. The van der Waals surface area contributed by atoms with Gasteiger partial charge in [-0.2, -0.15) is 0 Å². The number of anilines is 3. The number of pyridine rings is 3. The highest BCUT2D eigenvalue weighted by Gasteiger charge is 2.32. The molecule has 6 heterocycles. The summed E-state index contributed by atoms with van der Waals surface area (Å²) in [5.41, 5.74) is 6.19. The van der Waals surface area contributed by atoms with Crippen LogP contribution in [0.4, 0.5) is 17.2 Å². The number of aromatic nitrogens is 4. The maximum atomic E-state index is 12.9. The SMILES string of the molecule is Cc1cc2c(-c3ncc(Nc4ccc(N5CCC[C@H](C(C)(C)O)C5)cn4)c4c3CNC4=O)ccnc2n1C. The fourth-order valence-electron chi connectivity index (χ4n) is 5.69. The molecular weight excluding hydrogens is 478 g/mol. The molecule has 196 valence electrons. The quantitative estimate of drug-likeness (QED) is 0.366. The zero-order chi connectivity index (χ0) is 26.6. The number of piperidine rings is 1. The van der Waals surface area contributed by atoms with E-state index in [4.69, 9.17) is 4.98 Å². The van der Waals surface area contributed by atoms with Crippen molar-refractivity contribution in [1.82, 2.24) is 24.8 Å². The lowest BCUT2D eigenvalue weighted by Crippen LogP contribution is -2.44. The van der Waals surface area contributed by atoms with Gasteiger partial charge in [0.1, 0.15) is 11.5 Å². The first-order chi connectivity index (χ1) is 18.2. The molecular formula is C29H33N7O2. The minimum Gasteiger partial charge on any atom is -0.390 e. The van der Waals surface area contributed by atoms with E-state index in [0.717, 1.165) is 65.2 Å². The fourth-order valence-corrected chi connectivity index (χ4v) is 5.69. The molecule has 0 saturated carbocycles. The summed E-state index contributed by atoms with van der Waals surface area (Å²) in [7, 11) is 2.00. The minimum atomic E-state index is -0.699. The average molecular weight is 512 g/mol.